The molecule has 0 bridgehead atoms. The number of nitro groups is 1. The molecule has 134 valence electrons. The van der Waals surface area contributed by atoms with E-state index in [0.29, 0.717) is 5.56 Å². The maximum atomic E-state index is 12.7. The van der Waals surface area contributed by atoms with Crippen LogP contribution in [0.3, 0.4) is 0 Å². The van der Waals surface area contributed by atoms with Crippen LogP contribution < -0.4 is 5.32 Å². The van der Waals surface area contributed by atoms with Crippen LogP contribution in [0.2, 0.25) is 0 Å². The average molecular weight is 364 g/mol. The van der Waals surface area contributed by atoms with Gasteiger partial charge in [0.15, 0.2) is 0 Å². The first-order chi connectivity index (χ1) is 12.3. The molecule has 1 aliphatic rings. The van der Waals surface area contributed by atoms with Gasteiger partial charge >= 0.3 is 17.8 Å². The molecular weight excluding hydrogens is 353 g/mol. The maximum Gasteiger partial charge on any atom is 0.416 e. The van der Waals surface area contributed by atoms with Crippen LogP contribution in [0.1, 0.15) is 27.6 Å². The summed E-state index contributed by atoms with van der Waals surface area (Å²) in [5.74, 6) is -0.697. The van der Waals surface area contributed by atoms with Crippen LogP contribution in [0.15, 0.2) is 60.4 Å². The molecule has 2 aromatic carbocycles. The van der Waals surface area contributed by atoms with Gasteiger partial charge in [0.2, 0.25) is 6.10 Å². The summed E-state index contributed by atoms with van der Waals surface area (Å²) in [5, 5.41) is 13.8. The second-order valence-corrected chi connectivity index (χ2v) is 5.42. The molecule has 3 rings (SSSR count). The molecule has 2 aromatic rings. The number of carbonyl (C=O) groups is 1. The van der Waals surface area contributed by atoms with Gasteiger partial charge in [0, 0.05) is 11.3 Å². The summed E-state index contributed by atoms with van der Waals surface area (Å²) >= 11 is 0. The standard InChI is InChI=1S/C17H11F3N2O4/c18-17(19,20)10-4-3-5-11(8-10)21-9-14(22(24)25)15-12-6-1-2-7-13(12)16(23)26-15/h1-9,15,21H/b14-9+/t15-/m1/s1. The van der Waals surface area contributed by atoms with Crippen LogP contribution in [-0.2, 0) is 10.9 Å². The number of hydrogen-bond acceptors (Lipinski definition) is 5. The van der Waals surface area contributed by atoms with E-state index in [1.165, 1.54) is 24.3 Å². The molecule has 0 spiro atoms. The Hall–Kier alpha value is -3.36. The first-order valence-electron chi connectivity index (χ1n) is 7.35. The Bertz CT molecular complexity index is 909. The number of nitrogens with zero attached hydrogens (tertiary/aromatic N) is 1. The summed E-state index contributed by atoms with van der Waals surface area (Å²) in [4.78, 5) is 22.4. The number of nitrogens with one attached hydrogen (secondary N) is 1. The first-order valence-corrected chi connectivity index (χ1v) is 7.35. The SMILES string of the molecule is O=C1O[C@@H](/C(=C\Nc2cccc(C(F)(F)F)c2)[N+](=O)[O-])c2ccccc21. The second kappa shape index (κ2) is 6.51. The largest absolute Gasteiger partial charge is 0.442 e. The van der Waals surface area contributed by atoms with Gasteiger partial charge in [-0.3, -0.25) is 10.1 Å². The Kier molecular flexibility index (Phi) is 4.37. The van der Waals surface area contributed by atoms with E-state index in [0.717, 1.165) is 18.3 Å². The van der Waals surface area contributed by atoms with E-state index in [1.807, 2.05) is 0 Å². The average Bonchev–Trinajstić information content (AvgIpc) is 2.92. The zero-order valence-electron chi connectivity index (χ0n) is 13.0. The minimum atomic E-state index is -4.53. The topological polar surface area (TPSA) is 81.5 Å². The molecule has 0 amide bonds. The van der Waals surface area contributed by atoms with Crippen molar-refractivity contribution in [3.8, 4) is 0 Å². The Morgan fingerprint density at radius 1 is 1.19 bits per heavy atom. The Morgan fingerprint density at radius 3 is 2.62 bits per heavy atom. The molecule has 26 heavy (non-hydrogen) atoms. The Balaban J connectivity index is 1.91. The van der Waals surface area contributed by atoms with E-state index in [-0.39, 0.29) is 11.3 Å². The lowest BCUT2D eigenvalue weighted by molar-refractivity contribution is -0.436. The van der Waals surface area contributed by atoms with Gasteiger partial charge in [-0.15, -0.1) is 0 Å². The minimum absolute atomic E-state index is 0.0109. The fraction of sp³-hybridized carbons (Fsp3) is 0.118. The zero-order chi connectivity index (χ0) is 18.9. The third kappa shape index (κ3) is 3.37. The van der Waals surface area contributed by atoms with Crippen LogP contribution >= 0.6 is 0 Å². The van der Waals surface area contributed by atoms with Gasteiger partial charge in [-0.1, -0.05) is 24.3 Å². The van der Waals surface area contributed by atoms with Crippen molar-refractivity contribution in [3.63, 3.8) is 0 Å². The molecule has 0 unspecified atom stereocenters. The molecule has 1 N–H and O–H groups in total. The minimum Gasteiger partial charge on any atom is -0.442 e. The number of esters is 1. The van der Waals surface area contributed by atoms with Crippen LogP contribution in [0, 0.1) is 10.1 Å². The van der Waals surface area contributed by atoms with Crippen molar-refractivity contribution in [3.05, 3.63) is 87.2 Å². The van der Waals surface area contributed by atoms with Crippen molar-refractivity contribution in [1.82, 2.24) is 0 Å². The van der Waals surface area contributed by atoms with Crippen molar-refractivity contribution < 1.29 is 27.6 Å². The fourth-order valence-electron chi connectivity index (χ4n) is 2.53. The van der Waals surface area contributed by atoms with Gasteiger partial charge in [0.1, 0.15) is 0 Å². The summed E-state index contributed by atoms with van der Waals surface area (Å²) in [6.45, 7) is 0. The van der Waals surface area contributed by atoms with Crippen molar-refractivity contribution in [1.29, 1.82) is 0 Å². The maximum absolute atomic E-state index is 12.7. The van der Waals surface area contributed by atoms with E-state index < -0.39 is 34.4 Å². The third-order valence-corrected chi connectivity index (χ3v) is 3.74. The van der Waals surface area contributed by atoms with Crippen molar-refractivity contribution in [2.24, 2.45) is 0 Å². The number of rotatable bonds is 4. The van der Waals surface area contributed by atoms with Gasteiger partial charge in [-0.05, 0) is 24.3 Å². The van der Waals surface area contributed by atoms with Gasteiger partial charge < -0.3 is 10.1 Å². The van der Waals surface area contributed by atoms with Crippen LogP contribution in [0.25, 0.3) is 0 Å². The van der Waals surface area contributed by atoms with E-state index in [1.54, 1.807) is 12.1 Å². The zero-order valence-corrected chi connectivity index (χ0v) is 13.0. The summed E-state index contributed by atoms with van der Waals surface area (Å²) in [6.07, 6.45) is -4.85. The molecule has 1 aliphatic heterocycles. The predicted octanol–water partition coefficient (Wildman–Crippen LogP) is 4.15. The summed E-state index contributed by atoms with van der Waals surface area (Å²) in [6, 6.07) is 10.4. The van der Waals surface area contributed by atoms with E-state index in [2.05, 4.69) is 5.32 Å². The Morgan fingerprint density at radius 2 is 1.92 bits per heavy atom. The van der Waals surface area contributed by atoms with Crippen molar-refractivity contribution >= 4 is 11.7 Å². The van der Waals surface area contributed by atoms with Gasteiger partial charge in [0.25, 0.3) is 0 Å². The molecule has 9 heteroatoms. The highest BCUT2D eigenvalue weighted by Gasteiger charge is 2.39. The number of carbonyl (C=O) groups excluding carboxylic acids is 1. The highest BCUT2D eigenvalue weighted by atomic mass is 19.4. The van der Waals surface area contributed by atoms with Crippen molar-refractivity contribution in [2.45, 2.75) is 12.3 Å². The summed E-state index contributed by atoms with van der Waals surface area (Å²) in [7, 11) is 0. The number of halogens is 3. The molecule has 0 saturated heterocycles. The number of anilines is 1. The molecule has 0 radical (unpaired) electrons. The second-order valence-electron chi connectivity index (χ2n) is 5.42. The van der Waals surface area contributed by atoms with E-state index in [9.17, 15) is 28.1 Å². The van der Waals surface area contributed by atoms with Crippen LogP contribution in [0.5, 0.6) is 0 Å². The van der Waals surface area contributed by atoms with Crippen molar-refractivity contribution in [2.75, 3.05) is 5.32 Å². The lowest BCUT2D eigenvalue weighted by Crippen LogP contribution is -2.12. The molecule has 6 nitrogen and oxygen atoms in total. The summed E-state index contributed by atoms with van der Waals surface area (Å²) < 4.78 is 43.3. The van der Waals surface area contributed by atoms with Gasteiger partial charge in [-0.25, -0.2) is 4.79 Å². The molecule has 0 fully saturated rings. The summed E-state index contributed by atoms with van der Waals surface area (Å²) in [5.41, 5.74) is -0.843. The number of benzene rings is 2. The first kappa shape index (κ1) is 17.5. The number of hydrogen-bond donors (Lipinski definition) is 1. The van der Waals surface area contributed by atoms with E-state index >= 15 is 0 Å². The van der Waals surface area contributed by atoms with Gasteiger partial charge in [-0.2, -0.15) is 13.2 Å². The molecule has 0 saturated carbocycles. The number of alkyl halides is 3. The Labute approximate surface area is 145 Å². The fourth-order valence-corrected chi connectivity index (χ4v) is 2.53. The monoisotopic (exact) mass is 364 g/mol. The van der Waals surface area contributed by atoms with E-state index in [4.69, 9.17) is 4.74 Å². The number of ether oxygens (including phenoxy) is 1. The predicted molar refractivity (Wildman–Crippen MR) is 84.7 cm³/mol. The lowest BCUT2D eigenvalue weighted by atomic mass is 10.0. The molecule has 1 heterocycles. The highest BCUT2D eigenvalue weighted by molar-refractivity contribution is 5.94. The molecule has 0 aliphatic carbocycles. The number of cyclic esters (lactones) is 1. The quantitative estimate of drug-likeness (QED) is 0.501. The highest BCUT2D eigenvalue weighted by Crippen LogP contribution is 2.36. The smallest absolute Gasteiger partial charge is 0.416 e. The van der Waals surface area contributed by atoms with Gasteiger partial charge in [0.05, 0.1) is 22.3 Å². The molecule has 1 atom stereocenters. The number of fused-ring (bicyclic) bond motifs is 1. The van der Waals surface area contributed by atoms with Crippen LogP contribution in [0.4, 0.5) is 18.9 Å². The molecule has 0 aromatic heterocycles. The van der Waals surface area contributed by atoms with Crippen LogP contribution in [-0.4, -0.2) is 10.9 Å². The third-order valence-electron chi connectivity index (χ3n) is 3.74. The normalized spacial score (nSPS) is 16.8. The molecular formula is C17H11F3N2O4. The lowest BCUT2D eigenvalue weighted by Gasteiger charge is -2.10.